The lowest BCUT2D eigenvalue weighted by Gasteiger charge is -2.02. The molecule has 0 aliphatic heterocycles. The van der Waals surface area contributed by atoms with Gasteiger partial charge in [0.05, 0.1) is 5.69 Å². The van der Waals surface area contributed by atoms with E-state index in [1.54, 1.807) is 0 Å². The zero-order valence-electron chi connectivity index (χ0n) is 10.1. The van der Waals surface area contributed by atoms with Gasteiger partial charge >= 0.3 is 0 Å². The van der Waals surface area contributed by atoms with E-state index < -0.39 is 0 Å². The molecule has 1 aromatic heterocycles. The second-order valence-electron chi connectivity index (χ2n) is 3.51. The first-order valence-corrected chi connectivity index (χ1v) is 5.61. The van der Waals surface area contributed by atoms with Crippen LogP contribution in [-0.2, 0) is 13.0 Å². The summed E-state index contributed by atoms with van der Waals surface area (Å²) in [4.78, 5) is 0. The molecule has 0 unspecified atom stereocenters. The molecular weight excluding hydrogens is 174 g/mol. The maximum atomic E-state index is 4.03. The Morgan fingerprint density at radius 2 is 2.00 bits per heavy atom. The van der Waals surface area contributed by atoms with Gasteiger partial charge in [-0.15, -0.1) is 5.10 Å². The summed E-state index contributed by atoms with van der Waals surface area (Å²) < 4.78 is 1.93. The highest BCUT2D eigenvalue weighted by Gasteiger charge is 1.99. The summed E-state index contributed by atoms with van der Waals surface area (Å²) in [7, 11) is 0. The highest BCUT2D eigenvalue weighted by Crippen LogP contribution is 2.02. The van der Waals surface area contributed by atoms with E-state index in [9.17, 15) is 0 Å². The minimum Gasteiger partial charge on any atom is -0.252 e. The molecule has 0 spiro atoms. The number of hydrogen-bond donors (Lipinski definition) is 0. The Morgan fingerprint density at radius 3 is 2.43 bits per heavy atom. The van der Waals surface area contributed by atoms with Crippen LogP contribution in [-0.4, -0.2) is 15.0 Å². The van der Waals surface area contributed by atoms with Crippen molar-refractivity contribution in [2.75, 3.05) is 0 Å². The third-order valence-electron chi connectivity index (χ3n) is 1.88. The molecule has 0 aromatic carbocycles. The third kappa shape index (κ3) is 5.00. The molecule has 14 heavy (non-hydrogen) atoms. The lowest BCUT2D eigenvalue weighted by atomic mass is 10.1. The maximum Gasteiger partial charge on any atom is 0.0824 e. The van der Waals surface area contributed by atoms with E-state index in [0.29, 0.717) is 0 Å². The number of rotatable bonds is 4. The van der Waals surface area contributed by atoms with Crippen LogP contribution < -0.4 is 0 Å². The molecule has 0 saturated heterocycles. The largest absolute Gasteiger partial charge is 0.252 e. The Hall–Kier alpha value is -0.860. The standard InChI is InChI=1S/C9H17N3.C2H6/c1-4-9-7-12(11-10-9)6-5-8(2)3;1-2/h7-8H,4-6H2,1-3H3;1-2H3. The number of hydrogen-bond acceptors (Lipinski definition) is 2. The highest BCUT2D eigenvalue weighted by atomic mass is 15.4. The van der Waals surface area contributed by atoms with Gasteiger partial charge in [0.1, 0.15) is 0 Å². The zero-order valence-corrected chi connectivity index (χ0v) is 10.1. The van der Waals surface area contributed by atoms with E-state index in [1.807, 2.05) is 24.7 Å². The first-order chi connectivity index (χ1) is 6.72. The van der Waals surface area contributed by atoms with Gasteiger partial charge in [-0.2, -0.15) is 0 Å². The minimum absolute atomic E-state index is 0.735. The Bertz CT molecular complexity index is 228. The molecule has 3 heteroatoms. The summed E-state index contributed by atoms with van der Waals surface area (Å²) in [5, 5.41) is 8.05. The van der Waals surface area contributed by atoms with Crippen LogP contribution in [0.2, 0.25) is 0 Å². The summed E-state index contributed by atoms with van der Waals surface area (Å²) in [5.74, 6) is 0.735. The zero-order chi connectivity index (χ0) is 11.0. The SMILES string of the molecule is CC.CCc1cn(CCC(C)C)nn1. The Kier molecular flexibility index (Phi) is 7.07. The molecule has 0 atom stereocenters. The van der Waals surface area contributed by atoms with Crippen molar-refractivity contribution in [1.82, 2.24) is 15.0 Å². The van der Waals surface area contributed by atoms with Crippen LogP contribution in [0, 0.1) is 5.92 Å². The fraction of sp³-hybridized carbons (Fsp3) is 0.818. The molecule has 1 rings (SSSR count). The van der Waals surface area contributed by atoms with Crippen LogP contribution in [0.4, 0.5) is 0 Å². The topological polar surface area (TPSA) is 30.7 Å². The van der Waals surface area contributed by atoms with E-state index in [1.165, 1.54) is 6.42 Å². The van der Waals surface area contributed by atoms with Crippen molar-refractivity contribution in [2.45, 2.75) is 54.0 Å². The lowest BCUT2D eigenvalue weighted by molar-refractivity contribution is 0.478. The van der Waals surface area contributed by atoms with Crippen molar-refractivity contribution >= 4 is 0 Å². The summed E-state index contributed by atoms with van der Waals surface area (Å²) in [6.45, 7) is 11.5. The Morgan fingerprint density at radius 1 is 1.36 bits per heavy atom. The van der Waals surface area contributed by atoms with Gasteiger partial charge in [0.25, 0.3) is 0 Å². The first kappa shape index (κ1) is 13.1. The first-order valence-electron chi connectivity index (χ1n) is 5.61. The molecule has 1 aromatic rings. The summed E-state index contributed by atoms with van der Waals surface area (Å²) >= 11 is 0. The van der Waals surface area contributed by atoms with E-state index in [-0.39, 0.29) is 0 Å². The number of nitrogens with zero attached hydrogens (tertiary/aromatic N) is 3. The molecular formula is C11H23N3. The van der Waals surface area contributed by atoms with Gasteiger partial charge in [-0.05, 0) is 18.8 Å². The van der Waals surface area contributed by atoms with Gasteiger partial charge in [-0.25, -0.2) is 0 Å². The fourth-order valence-electron chi connectivity index (χ4n) is 1.00. The van der Waals surface area contributed by atoms with Crippen molar-refractivity contribution in [3.05, 3.63) is 11.9 Å². The second kappa shape index (κ2) is 7.54. The molecule has 0 saturated carbocycles. The van der Waals surface area contributed by atoms with Gasteiger partial charge in [0.2, 0.25) is 0 Å². The van der Waals surface area contributed by atoms with Crippen molar-refractivity contribution in [3.8, 4) is 0 Å². The minimum atomic E-state index is 0.735. The predicted octanol–water partition coefficient (Wildman–Crippen LogP) is 2.91. The second-order valence-corrected chi connectivity index (χ2v) is 3.51. The molecule has 3 nitrogen and oxygen atoms in total. The van der Waals surface area contributed by atoms with Crippen molar-refractivity contribution in [3.63, 3.8) is 0 Å². The van der Waals surface area contributed by atoms with Crippen LogP contribution >= 0.6 is 0 Å². The molecule has 82 valence electrons. The molecule has 0 aliphatic carbocycles. The quantitative estimate of drug-likeness (QED) is 0.743. The normalized spacial score (nSPS) is 9.86. The third-order valence-corrected chi connectivity index (χ3v) is 1.88. The smallest absolute Gasteiger partial charge is 0.0824 e. The van der Waals surface area contributed by atoms with Gasteiger partial charge in [-0.3, -0.25) is 4.68 Å². The van der Waals surface area contributed by atoms with Crippen LogP contribution in [0.15, 0.2) is 6.20 Å². The monoisotopic (exact) mass is 197 g/mol. The van der Waals surface area contributed by atoms with Crippen LogP contribution in [0.25, 0.3) is 0 Å². The van der Waals surface area contributed by atoms with Crippen LogP contribution in [0.1, 0.15) is 46.7 Å². The number of aromatic nitrogens is 3. The van der Waals surface area contributed by atoms with Gasteiger partial charge in [0, 0.05) is 12.7 Å². The summed E-state index contributed by atoms with van der Waals surface area (Å²) in [6.07, 6.45) is 4.18. The predicted molar refractivity (Wildman–Crippen MR) is 60.2 cm³/mol. The van der Waals surface area contributed by atoms with Crippen molar-refractivity contribution < 1.29 is 0 Å². The van der Waals surface area contributed by atoms with Crippen LogP contribution in [0.3, 0.4) is 0 Å². The van der Waals surface area contributed by atoms with Gasteiger partial charge < -0.3 is 0 Å². The highest BCUT2D eigenvalue weighted by molar-refractivity contribution is 4.90. The average molecular weight is 197 g/mol. The molecule has 0 amide bonds. The van der Waals surface area contributed by atoms with Crippen molar-refractivity contribution in [2.24, 2.45) is 5.92 Å². The van der Waals surface area contributed by atoms with Gasteiger partial charge in [-0.1, -0.05) is 39.8 Å². The van der Waals surface area contributed by atoms with E-state index in [0.717, 1.165) is 24.6 Å². The molecule has 1 heterocycles. The Balaban J connectivity index is 0.000000791. The van der Waals surface area contributed by atoms with Gasteiger partial charge in [0.15, 0.2) is 0 Å². The van der Waals surface area contributed by atoms with Crippen molar-refractivity contribution in [1.29, 1.82) is 0 Å². The van der Waals surface area contributed by atoms with E-state index >= 15 is 0 Å². The summed E-state index contributed by atoms with van der Waals surface area (Å²) in [5.41, 5.74) is 1.08. The molecule has 0 radical (unpaired) electrons. The molecule has 0 bridgehead atoms. The molecule has 0 N–H and O–H groups in total. The fourth-order valence-corrected chi connectivity index (χ4v) is 1.00. The Labute approximate surface area is 87.5 Å². The lowest BCUT2D eigenvalue weighted by Crippen LogP contribution is -2.01. The van der Waals surface area contributed by atoms with E-state index in [2.05, 4.69) is 31.1 Å². The molecule has 0 fully saturated rings. The number of aryl methyl sites for hydroxylation is 2. The van der Waals surface area contributed by atoms with Crippen LogP contribution in [0.5, 0.6) is 0 Å². The maximum absolute atomic E-state index is 4.03. The molecule has 0 aliphatic rings. The van der Waals surface area contributed by atoms with E-state index in [4.69, 9.17) is 0 Å². The average Bonchev–Trinajstić information content (AvgIpc) is 2.65. The summed E-state index contributed by atoms with van der Waals surface area (Å²) in [6, 6.07) is 0.